The summed E-state index contributed by atoms with van der Waals surface area (Å²) in [5.41, 5.74) is -1.82. The maximum absolute atomic E-state index is 15.9. The monoisotopic (exact) mass is 694 g/mol. The van der Waals surface area contributed by atoms with Crippen LogP contribution in [0.5, 0.6) is 11.5 Å². The molecule has 0 radical (unpaired) electrons. The van der Waals surface area contributed by atoms with Gasteiger partial charge in [-0.15, -0.1) is 24.8 Å². The number of halogens is 8. The van der Waals surface area contributed by atoms with E-state index in [-0.39, 0.29) is 48.4 Å². The van der Waals surface area contributed by atoms with Gasteiger partial charge in [-0.3, -0.25) is 14.4 Å². The number of aromatic nitrogens is 1. The molecular weight excluding hydrogens is 665 g/mol. The van der Waals surface area contributed by atoms with Crippen molar-refractivity contribution < 1.29 is 49.8 Å². The normalized spacial score (nSPS) is 17.2. The molecular formula is C30H30ClF7N4O5. The Morgan fingerprint density at radius 3 is 2.23 bits per heavy atom. The number of methoxy groups -OCH3 is 1. The molecule has 0 saturated carbocycles. The lowest BCUT2D eigenvalue weighted by atomic mass is 10.0. The van der Waals surface area contributed by atoms with Crippen molar-refractivity contribution >= 4 is 40.0 Å². The summed E-state index contributed by atoms with van der Waals surface area (Å²) >= 11 is 5.73. The van der Waals surface area contributed by atoms with Crippen LogP contribution >= 0.6 is 11.6 Å². The smallest absolute Gasteiger partial charge is 0.492 e. The molecule has 9 nitrogen and oxygen atoms in total. The van der Waals surface area contributed by atoms with Crippen LogP contribution in [0.25, 0.3) is 10.9 Å². The topological polar surface area (TPSA) is 93.1 Å². The second kappa shape index (κ2) is 13.5. The molecule has 47 heavy (non-hydrogen) atoms. The largest absolute Gasteiger partial charge is 0.573 e. The minimum absolute atomic E-state index is 0.0679. The Labute approximate surface area is 268 Å². The molecule has 4 rings (SSSR count). The summed E-state index contributed by atoms with van der Waals surface area (Å²) in [6, 6.07) is 3.14. The average Bonchev–Trinajstić information content (AvgIpc) is 2.95. The highest BCUT2D eigenvalue weighted by molar-refractivity contribution is 6.27. The third-order valence-electron chi connectivity index (χ3n) is 7.67. The average molecular weight is 695 g/mol. The molecule has 256 valence electrons. The van der Waals surface area contributed by atoms with E-state index >= 15 is 4.39 Å². The van der Waals surface area contributed by atoms with Crippen LogP contribution in [0.2, 0.25) is 0 Å². The van der Waals surface area contributed by atoms with Crippen molar-refractivity contribution in [2.75, 3.05) is 31.0 Å². The number of benzene rings is 2. The van der Waals surface area contributed by atoms with E-state index in [2.05, 4.69) is 10.1 Å². The Hall–Kier alpha value is -4.21. The molecule has 1 saturated heterocycles. The highest BCUT2D eigenvalue weighted by atomic mass is 35.5. The van der Waals surface area contributed by atoms with E-state index in [0.717, 1.165) is 25.3 Å². The summed E-state index contributed by atoms with van der Waals surface area (Å²) in [6.07, 6.45) is -9.07. The maximum Gasteiger partial charge on any atom is 0.573 e. The van der Waals surface area contributed by atoms with Gasteiger partial charge in [-0.05, 0) is 50.1 Å². The van der Waals surface area contributed by atoms with E-state index in [0.29, 0.717) is 16.3 Å². The summed E-state index contributed by atoms with van der Waals surface area (Å²) in [7, 11) is 1.11. The second-order valence-corrected chi connectivity index (χ2v) is 11.4. The van der Waals surface area contributed by atoms with Crippen molar-refractivity contribution in [2.45, 2.75) is 58.5 Å². The maximum atomic E-state index is 15.9. The summed E-state index contributed by atoms with van der Waals surface area (Å²) < 4.78 is 105. The number of hydrogen-bond acceptors (Lipinski definition) is 6. The first-order valence-corrected chi connectivity index (χ1v) is 14.6. The van der Waals surface area contributed by atoms with Gasteiger partial charge in [0, 0.05) is 37.9 Å². The van der Waals surface area contributed by atoms with Crippen LogP contribution in [0.1, 0.15) is 35.3 Å². The Kier molecular flexibility index (Phi) is 10.2. The van der Waals surface area contributed by atoms with Crippen LogP contribution < -0.4 is 25.1 Å². The Balaban J connectivity index is 1.76. The van der Waals surface area contributed by atoms with Gasteiger partial charge in [-0.2, -0.15) is 13.2 Å². The number of fused-ring (bicyclic) bond motifs is 1. The minimum atomic E-state index is -4.92. The molecule has 0 spiro atoms. The van der Waals surface area contributed by atoms with Gasteiger partial charge in [0.25, 0.3) is 5.91 Å². The molecule has 2 atom stereocenters. The molecule has 3 aromatic rings. The zero-order valence-corrected chi connectivity index (χ0v) is 26.2. The van der Waals surface area contributed by atoms with E-state index in [1.807, 2.05) is 0 Å². The van der Waals surface area contributed by atoms with Crippen molar-refractivity contribution in [3.63, 3.8) is 0 Å². The van der Waals surface area contributed by atoms with Gasteiger partial charge in [0.15, 0.2) is 11.6 Å². The minimum Gasteiger partial charge on any atom is -0.492 e. The van der Waals surface area contributed by atoms with E-state index < -0.39 is 70.5 Å². The molecule has 2 unspecified atom stereocenters. The first-order valence-electron chi connectivity index (χ1n) is 14.1. The van der Waals surface area contributed by atoms with Gasteiger partial charge >= 0.3 is 12.5 Å². The number of aryl methyl sites for hydroxylation is 1. The standard InChI is InChI=1S/C30H30ClF7N4O5/c1-15-7-19(47-30(36,37)38)6-5-18(15)10-39-28(45)21-13-41(14-29(33,34)35)24-20(26(21)44)8-22(32)25(27(24)46-4)40-11-16(2)42(17(3)12-40)23(43)9-31/h5-8,13,16-17H,9-12,14H2,1-4H3,(H,39,45). The number of carbonyl (C=O) groups excluding carboxylic acids is 2. The summed E-state index contributed by atoms with van der Waals surface area (Å²) in [4.78, 5) is 42.1. The molecule has 2 heterocycles. The third-order valence-corrected chi connectivity index (χ3v) is 7.90. The first-order chi connectivity index (χ1) is 21.8. The van der Waals surface area contributed by atoms with Crippen LogP contribution in [0.15, 0.2) is 35.3 Å². The fourth-order valence-corrected chi connectivity index (χ4v) is 5.99. The number of nitrogens with one attached hydrogen (secondary N) is 1. The summed E-state index contributed by atoms with van der Waals surface area (Å²) in [6.45, 7) is 3.01. The van der Waals surface area contributed by atoms with Gasteiger partial charge in [-0.25, -0.2) is 4.39 Å². The van der Waals surface area contributed by atoms with Crippen LogP contribution in [-0.2, 0) is 17.9 Å². The zero-order valence-electron chi connectivity index (χ0n) is 25.5. The van der Waals surface area contributed by atoms with Gasteiger partial charge in [0.05, 0.1) is 18.0 Å². The third kappa shape index (κ3) is 7.85. The molecule has 1 aliphatic rings. The van der Waals surface area contributed by atoms with E-state index in [4.69, 9.17) is 16.3 Å². The van der Waals surface area contributed by atoms with Crippen LogP contribution in [-0.4, -0.2) is 72.0 Å². The predicted molar refractivity (Wildman–Crippen MR) is 159 cm³/mol. The first kappa shape index (κ1) is 35.6. The number of nitrogens with zero attached hydrogens (tertiary/aromatic N) is 3. The van der Waals surface area contributed by atoms with Crippen molar-refractivity contribution in [1.82, 2.24) is 14.8 Å². The summed E-state index contributed by atoms with van der Waals surface area (Å²) in [5.74, 6) is -3.60. The molecule has 1 aliphatic heterocycles. The molecule has 2 aromatic carbocycles. The lowest BCUT2D eigenvalue weighted by Crippen LogP contribution is -2.59. The predicted octanol–water partition coefficient (Wildman–Crippen LogP) is 5.51. The van der Waals surface area contributed by atoms with Crippen molar-refractivity contribution in [1.29, 1.82) is 0 Å². The highest BCUT2D eigenvalue weighted by Crippen LogP contribution is 2.40. The Morgan fingerprint density at radius 2 is 1.70 bits per heavy atom. The van der Waals surface area contributed by atoms with E-state index in [9.17, 15) is 40.7 Å². The highest BCUT2D eigenvalue weighted by Gasteiger charge is 2.37. The number of hydrogen-bond donors (Lipinski definition) is 1. The number of ether oxygens (including phenoxy) is 2. The van der Waals surface area contributed by atoms with Crippen LogP contribution in [0.3, 0.4) is 0 Å². The lowest BCUT2D eigenvalue weighted by molar-refractivity contribution is -0.274. The molecule has 1 aromatic heterocycles. The lowest BCUT2D eigenvalue weighted by Gasteiger charge is -2.45. The van der Waals surface area contributed by atoms with Gasteiger partial charge in [-0.1, -0.05) is 6.07 Å². The van der Waals surface area contributed by atoms with Crippen LogP contribution in [0, 0.1) is 12.7 Å². The number of pyridine rings is 1. The van der Waals surface area contributed by atoms with Crippen LogP contribution in [0.4, 0.5) is 36.4 Å². The van der Waals surface area contributed by atoms with E-state index in [1.165, 1.54) is 22.8 Å². The molecule has 1 N–H and O–H groups in total. The van der Waals surface area contributed by atoms with Crippen molar-refractivity contribution in [3.8, 4) is 11.5 Å². The molecule has 0 bridgehead atoms. The van der Waals surface area contributed by atoms with Gasteiger partial charge in [0.1, 0.15) is 29.4 Å². The number of carbonyl (C=O) groups is 2. The number of piperazine rings is 1. The number of anilines is 1. The van der Waals surface area contributed by atoms with E-state index in [1.54, 1.807) is 13.8 Å². The second-order valence-electron chi connectivity index (χ2n) is 11.1. The zero-order chi connectivity index (χ0) is 35.0. The van der Waals surface area contributed by atoms with Crippen molar-refractivity contribution in [3.05, 3.63) is 63.2 Å². The number of alkyl halides is 7. The molecule has 0 aliphatic carbocycles. The molecule has 17 heteroatoms. The fourth-order valence-electron chi connectivity index (χ4n) is 5.86. The molecule has 1 fully saturated rings. The van der Waals surface area contributed by atoms with Gasteiger partial charge < -0.3 is 29.2 Å². The molecule has 2 amide bonds. The fraction of sp³-hybridized carbons (Fsp3) is 0.433. The Bertz CT molecular complexity index is 1730. The quantitative estimate of drug-likeness (QED) is 0.247. The summed E-state index contributed by atoms with van der Waals surface area (Å²) in [5, 5.41) is 1.83. The van der Waals surface area contributed by atoms with Gasteiger partial charge in [0.2, 0.25) is 11.3 Å². The Morgan fingerprint density at radius 1 is 1.06 bits per heavy atom. The SMILES string of the molecule is COc1c(N2CC(C)N(C(=O)CCl)C(C)C2)c(F)cc2c(=O)c(C(=O)NCc3ccc(OC(F)(F)F)cc3C)cn(CC(F)(F)F)c12. The number of amides is 2. The van der Waals surface area contributed by atoms with Crippen molar-refractivity contribution in [2.24, 2.45) is 0 Å². The number of rotatable bonds is 8.